The van der Waals surface area contributed by atoms with Crippen molar-refractivity contribution in [3.8, 4) is 5.75 Å². The van der Waals surface area contributed by atoms with E-state index in [1.165, 1.54) is 20.8 Å². The van der Waals surface area contributed by atoms with Gasteiger partial charge in [-0.3, -0.25) is 28.8 Å². The van der Waals surface area contributed by atoms with Crippen LogP contribution >= 0.6 is 47.8 Å². The van der Waals surface area contributed by atoms with Gasteiger partial charge in [0, 0.05) is 96.7 Å². The lowest BCUT2D eigenvalue weighted by atomic mass is 10.1. The van der Waals surface area contributed by atoms with Crippen molar-refractivity contribution in [2.45, 2.75) is 98.5 Å². The number of carbonyl (C=O) groups is 6. The second kappa shape index (κ2) is 35.9. The highest BCUT2D eigenvalue weighted by molar-refractivity contribution is 9.11. The molecular weight excluding hydrogens is 1480 g/mol. The molecule has 0 radical (unpaired) electrons. The number of ether oxygens (including phenoxy) is 1. The molecule has 0 bridgehead atoms. The maximum atomic E-state index is 14.0. The molecule has 3 aliphatic rings. The zero-order valence-corrected chi connectivity index (χ0v) is 59.1. The summed E-state index contributed by atoms with van der Waals surface area (Å²) in [4.78, 5) is 83.1. The van der Waals surface area contributed by atoms with Gasteiger partial charge in [-0.25, -0.2) is 17.2 Å². The number of nitrogens with one attached hydrogen (secondary N) is 3. The summed E-state index contributed by atoms with van der Waals surface area (Å²) in [6, 6.07) is 39.6. The first-order valence-corrected chi connectivity index (χ1v) is 35.0. The Hall–Kier alpha value is -7.45. The number of aliphatic hydroxyl groups is 6. The van der Waals surface area contributed by atoms with Crippen LogP contribution in [0, 0.1) is 11.6 Å². The van der Waals surface area contributed by atoms with Crippen LogP contribution in [-0.4, -0.2) is 204 Å². The molecule has 3 fully saturated rings. The van der Waals surface area contributed by atoms with Gasteiger partial charge in [0.05, 0.1) is 41.1 Å². The van der Waals surface area contributed by atoms with E-state index < -0.39 is 111 Å². The van der Waals surface area contributed by atoms with E-state index in [1.807, 2.05) is 72.8 Å². The molecule has 23 nitrogen and oxygen atoms in total. The summed E-state index contributed by atoms with van der Waals surface area (Å²) >= 11 is 10.0. The summed E-state index contributed by atoms with van der Waals surface area (Å²) in [7, 11) is -1.91. The van der Waals surface area contributed by atoms with Gasteiger partial charge in [0.15, 0.2) is 46.5 Å². The van der Waals surface area contributed by atoms with E-state index >= 15 is 0 Å². The van der Waals surface area contributed by atoms with Crippen LogP contribution in [0.15, 0.2) is 164 Å². The van der Waals surface area contributed by atoms with E-state index in [0.717, 1.165) is 53.7 Å². The first kappa shape index (κ1) is 76.9. The van der Waals surface area contributed by atoms with Gasteiger partial charge in [-0.2, -0.15) is 0 Å². The molecule has 9 N–H and O–H groups in total. The van der Waals surface area contributed by atoms with Crippen molar-refractivity contribution in [2.24, 2.45) is 0 Å². The van der Waals surface area contributed by atoms with Gasteiger partial charge in [-0.15, -0.1) is 0 Å². The number of hydrogen-bond donors (Lipinski definition) is 9. The van der Waals surface area contributed by atoms with Crippen molar-refractivity contribution in [2.75, 3.05) is 82.4 Å². The molecular formula is C68H79Br3F2N8O15S. The Kier molecular flexibility index (Phi) is 28.4. The summed E-state index contributed by atoms with van der Waals surface area (Å²) in [6.07, 6.45) is -11.0. The smallest absolute Gasteiger partial charge is 0.254 e. The Morgan fingerprint density at radius 3 is 1.21 bits per heavy atom. The van der Waals surface area contributed by atoms with Crippen LogP contribution in [0.1, 0.15) is 68.4 Å². The Bertz CT molecular complexity index is 3740. The van der Waals surface area contributed by atoms with Crippen molar-refractivity contribution >= 4 is 104 Å². The maximum Gasteiger partial charge on any atom is 0.254 e. The number of anilines is 2. The zero-order chi connectivity index (χ0) is 70.8. The van der Waals surface area contributed by atoms with E-state index in [9.17, 15) is 76.6 Å². The molecule has 97 heavy (non-hydrogen) atoms. The van der Waals surface area contributed by atoms with Crippen LogP contribution in [0.5, 0.6) is 5.75 Å². The van der Waals surface area contributed by atoms with Gasteiger partial charge in [0.25, 0.3) is 35.4 Å². The maximum absolute atomic E-state index is 14.0. The summed E-state index contributed by atoms with van der Waals surface area (Å²) in [5, 5.41) is 68.8. The fourth-order valence-electron chi connectivity index (χ4n) is 10.9. The van der Waals surface area contributed by atoms with Crippen LogP contribution in [-0.2, 0) is 38.6 Å². The Balaban J connectivity index is 0.000000205. The number of methoxy groups -OCH3 is 1. The van der Waals surface area contributed by atoms with Gasteiger partial charge in [-0.1, -0.05) is 108 Å². The quantitative estimate of drug-likeness (QED) is 0.0456. The van der Waals surface area contributed by atoms with Crippen LogP contribution in [0.3, 0.4) is 0 Å². The van der Waals surface area contributed by atoms with Gasteiger partial charge < -0.3 is 75.8 Å². The molecule has 29 heteroatoms. The highest BCUT2D eigenvalue weighted by atomic mass is 79.9. The number of nitrogens with zero attached hydrogens (tertiary/aromatic N) is 5. The largest absolute Gasteiger partial charge is 0.497 e. The fraction of sp³-hybridized carbons (Fsp3) is 0.382. The molecule has 0 spiro atoms. The molecule has 9 atom stereocenters. The number of rotatable bonds is 20. The number of aliphatic hydroxyl groups excluding tert-OH is 6. The predicted molar refractivity (Wildman–Crippen MR) is 368 cm³/mol. The number of piperidine rings is 1. The first-order chi connectivity index (χ1) is 46.1. The average Bonchev–Trinajstić information content (AvgIpc) is 0.848. The van der Waals surface area contributed by atoms with E-state index in [-0.39, 0.29) is 68.7 Å². The minimum Gasteiger partial charge on any atom is -0.497 e. The van der Waals surface area contributed by atoms with Crippen LogP contribution < -0.4 is 30.5 Å². The van der Waals surface area contributed by atoms with Gasteiger partial charge in [-0.05, 0) is 123 Å². The number of sulfone groups is 1. The summed E-state index contributed by atoms with van der Waals surface area (Å²) in [5.74, 6) is -5.40. The second-order valence-corrected chi connectivity index (χ2v) is 28.3. The molecule has 522 valence electrons. The van der Waals surface area contributed by atoms with Crippen LogP contribution in [0.2, 0.25) is 0 Å². The molecule has 6 aromatic carbocycles. The van der Waals surface area contributed by atoms with Crippen LogP contribution in [0.4, 0.5) is 20.2 Å². The van der Waals surface area contributed by atoms with E-state index in [1.54, 1.807) is 87.4 Å². The summed E-state index contributed by atoms with van der Waals surface area (Å²) in [5.41, 5.74) is 3.63. The third kappa shape index (κ3) is 21.0. The van der Waals surface area contributed by atoms with Crippen molar-refractivity contribution in [3.05, 3.63) is 187 Å². The third-order valence-electron chi connectivity index (χ3n) is 16.8. The van der Waals surface area contributed by atoms with Crippen LogP contribution in [0.25, 0.3) is 0 Å². The topological polar surface area (TPSA) is 319 Å². The third-order valence-corrected chi connectivity index (χ3v) is 20.6. The molecule has 3 saturated heterocycles. The van der Waals surface area contributed by atoms with Crippen molar-refractivity contribution < 1.29 is 81.3 Å². The highest BCUT2D eigenvalue weighted by Crippen LogP contribution is 2.28. The number of benzene rings is 6. The minimum atomic E-state index is -3.52. The molecule has 0 aliphatic carbocycles. The number of piperazine rings is 2. The highest BCUT2D eigenvalue weighted by Gasteiger charge is 2.40. The van der Waals surface area contributed by atoms with Crippen molar-refractivity contribution in [1.29, 1.82) is 0 Å². The summed E-state index contributed by atoms with van der Waals surface area (Å²) < 4.78 is 60.6. The number of halogens is 5. The molecule has 6 aromatic rings. The minimum absolute atomic E-state index is 0.107. The predicted octanol–water partition coefficient (Wildman–Crippen LogP) is 5.49. The average molecular weight is 1560 g/mol. The second-order valence-electron chi connectivity index (χ2n) is 23.3. The Morgan fingerprint density at radius 1 is 0.464 bits per heavy atom. The molecule has 3 aliphatic heterocycles. The molecule has 6 amide bonds. The van der Waals surface area contributed by atoms with Crippen molar-refractivity contribution in [3.63, 3.8) is 0 Å². The molecule has 3 heterocycles. The monoisotopic (exact) mass is 1550 g/mol. The standard InChI is InChI=1S/C23H28BrN3O5.C23H27BrN2O6S.C22H24BrF2N3O4/c1-15(16-6-8-17(24)9-7-16)25-22(30)20(28)21(29)23(31)27-12-10-26(11-13-27)18-4-3-5-19(14-18)32-2;1-15(16-7-9-17(24)10-8-16)25-22(29)20(27)21(28)23(30)26-13-11-19(12-14-26)33(31,32)18-5-3-2-4-6-18;1-13(14-2-4-15(23)5-3-14)26-21(31)19(29)20(30)22(32)28-10-8-27(9-11-28)18-7-6-16(24)12-17(18)25/h3-9,14-15,20-21,28-29H,10-13H2,1-2H3,(H,25,30);2-10,15,19-21,27-28H,11-14H2,1H3,(H,25,29);2-7,12-13,19-20,29-30H,8-11H2,1H3,(H,26,31)/t2*15-,20+,21+;13-,19+,20+/m000/s1. The number of likely N-dealkylation sites (tertiary alicyclic amines) is 1. The Labute approximate surface area is 586 Å². The van der Waals surface area contributed by atoms with Gasteiger partial charge in [0.2, 0.25) is 0 Å². The lowest BCUT2D eigenvalue weighted by Crippen LogP contribution is -2.56. The lowest BCUT2D eigenvalue weighted by molar-refractivity contribution is -0.154. The molecule has 9 rings (SSSR count). The molecule has 0 aromatic heterocycles. The van der Waals surface area contributed by atoms with Crippen molar-refractivity contribution in [1.82, 2.24) is 30.7 Å². The Morgan fingerprint density at radius 2 is 0.835 bits per heavy atom. The zero-order valence-electron chi connectivity index (χ0n) is 53.5. The van der Waals surface area contributed by atoms with E-state index in [0.29, 0.717) is 26.2 Å². The lowest BCUT2D eigenvalue weighted by Gasteiger charge is -2.37. The van der Waals surface area contributed by atoms with E-state index in [2.05, 4.69) is 68.6 Å². The fourth-order valence-corrected chi connectivity index (χ4v) is 13.4. The van der Waals surface area contributed by atoms with Gasteiger partial charge in [0.1, 0.15) is 17.4 Å². The summed E-state index contributed by atoms with van der Waals surface area (Å²) in [6.45, 7) is 8.10. The number of hydrogen-bond acceptors (Lipinski definition) is 17. The number of carbonyl (C=O) groups excluding carboxylic acids is 6. The number of amides is 6. The van der Waals surface area contributed by atoms with E-state index in [4.69, 9.17) is 4.74 Å². The normalized spacial score (nSPS) is 17.2. The SMILES string of the molecule is COc1cccc(N2CCN(C(=O)[C@H](O)[C@@H](O)C(=O)N[C@@H](C)c3ccc(Br)cc3)CC2)c1.C[C@H](NC(=O)[C@H](O)[C@@H](O)C(=O)N1CCC(S(=O)(=O)c2ccccc2)CC1)c1ccc(Br)cc1.C[C@H](NC(=O)[C@H](O)[C@@H](O)C(=O)N1CCN(c2ccc(F)cc2F)CC1)c1ccc(Br)cc1. The molecule has 0 unspecified atom stereocenters. The first-order valence-electron chi connectivity index (χ1n) is 31.1. The van der Waals surface area contributed by atoms with Gasteiger partial charge >= 0.3 is 0 Å². The molecule has 0 saturated carbocycles.